The highest BCUT2D eigenvalue weighted by atomic mass is 31.3. The summed E-state index contributed by atoms with van der Waals surface area (Å²) in [6.45, 7) is 4.66. The quantitative estimate of drug-likeness (QED) is 0.583. The Balaban J connectivity index is 2.32. The smallest absolute Gasteiger partial charge is 0.123 e. The first-order valence-electron chi connectivity index (χ1n) is 6.01. The highest BCUT2D eigenvalue weighted by Crippen LogP contribution is 2.21. The molecule has 1 radical (unpaired) electrons. The van der Waals surface area contributed by atoms with Gasteiger partial charge in [-0.1, -0.05) is 84.9 Å². The van der Waals surface area contributed by atoms with Gasteiger partial charge in [-0.05, 0) is 5.66 Å². The third-order valence-corrected chi connectivity index (χ3v) is 9.58. The van der Waals surface area contributed by atoms with Crippen LogP contribution in [-0.4, -0.2) is 14.1 Å². The second kappa shape index (κ2) is 6.14. The van der Waals surface area contributed by atoms with Crippen molar-refractivity contribution >= 4 is 27.0 Å². The molecule has 0 bridgehead atoms. The van der Waals surface area contributed by atoms with Gasteiger partial charge in [-0.2, -0.15) is 0 Å². The van der Waals surface area contributed by atoms with Crippen molar-refractivity contribution in [2.45, 2.75) is 19.5 Å². The third-order valence-electron chi connectivity index (χ3n) is 2.56. The fraction of sp³-hybridized carbons (Fsp3) is 0.200. The van der Waals surface area contributed by atoms with E-state index in [4.69, 9.17) is 0 Å². The van der Waals surface area contributed by atoms with Crippen molar-refractivity contribution < 1.29 is 0 Å². The predicted molar refractivity (Wildman–Crippen MR) is 81.4 cm³/mol. The number of rotatable bonds is 4. The van der Waals surface area contributed by atoms with Gasteiger partial charge in [0.05, 0.1) is 0 Å². The van der Waals surface area contributed by atoms with Crippen molar-refractivity contribution in [3.8, 4) is 0 Å². The number of benzene rings is 2. The van der Waals surface area contributed by atoms with Gasteiger partial charge < -0.3 is 0 Å². The first-order chi connectivity index (χ1) is 8.27. The topological polar surface area (TPSA) is 0 Å². The van der Waals surface area contributed by atoms with Gasteiger partial charge in [0, 0.05) is 0 Å². The molecule has 87 valence electrons. The molecular formula is C15H18PSi. The molecule has 1 unspecified atom stereocenters. The van der Waals surface area contributed by atoms with Crippen LogP contribution in [0.15, 0.2) is 60.7 Å². The Hall–Kier alpha value is -0.913. The van der Waals surface area contributed by atoms with Gasteiger partial charge in [0.1, 0.15) is 8.46 Å². The lowest BCUT2D eigenvalue weighted by atomic mass is 10.4. The van der Waals surface area contributed by atoms with Gasteiger partial charge >= 0.3 is 0 Å². The molecule has 0 saturated carbocycles. The van der Waals surface area contributed by atoms with E-state index >= 15 is 0 Å². The van der Waals surface area contributed by atoms with Crippen LogP contribution >= 0.6 is 8.13 Å². The number of hydrogen-bond donors (Lipinski definition) is 0. The van der Waals surface area contributed by atoms with E-state index in [0.29, 0.717) is 0 Å². The minimum absolute atomic E-state index is 0.572. The van der Waals surface area contributed by atoms with E-state index in [9.17, 15) is 0 Å². The maximum absolute atomic E-state index is 2.33. The van der Waals surface area contributed by atoms with Crippen molar-refractivity contribution in [2.75, 3.05) is 0 Å². The Morgan fingerprint density at radius 1 is 0.765 bits per heavy atom. The molecule has 0 spiro atoms. The zero-order valence-corrected chi connectivity index (χ0v) is 12.4. The summed E-state index contributed by atoms with van der Waals surface area (Å²) < 4.78 is 0. The molecule has 2 aromatic carbocycles. The van der Waals surface area contributed by atoms with E-state index in [1.165, 1.54) is 10.4 Å². The van der Waals surface area contributed by atoms with Crippen LogP contribution in [0.3, 0.4) is 0 Å². The molecule has 0 heterocycles. The summed E-state index contributed by atoms with van der Waals surface area (Å²) in [5, 5.41) is 3.08. The zero-order chi connectivity index (χ0) is 12.1. The second-order valence-corrected chi connectivity index (χ2v) is 10.1. The lowest BCUT2D eigenvalue weighted by Gasteiger charge is -2.18. The Kier molecular flexibility index (Phi) is 4.53. The minimum Gasteiger partial charge on any atom is -0.123 e. The Labute approximate surface area is 107 Å². The second-order valence-electron chi connectivity index (χ2n) is 4.41. The molecule has 0 aliphatic heterocycles. The average molecular weight is 257 g/mol. The monoisotopic (exact) mass is 257 g/mol. The Bertz CT molecular complexity index is 399. The molecule has 1 atom stereocenters. The Morgan fingerprint density at radius 2 is 1.18 bits per heavy atom. The van der Waals surface area contributed by atoms with E-state index < -0.39 is 8.46 Å². The molecule has 0 aromatic heterocycles. The molecule has 0 amide bonds. The maximum atomic E-state index is 2.33. The zero-order valence-electron chi connectivity index (χ0n) is 10.4. The van der Waals surface area contributed by atoms with Crippen molar-refractivity contribution in [1.82, 2.24) is 0 Å². The summed E-state index contributed by atoms with van der Waals surface area (Å²) in [6.07, 6.45) is 0. The lowest BCUT2D eigenvalue weighted by molar-refractivity contribution is 1.11. The van der Waals surface area contributed by atoms with Gasteiger partial charge in [-0.15, -0.1) is 8.13 Å². The molecule has 2 aromatic rings. The summed E-state index contributed by atoms with van der Waals surface area (Å²) in [7, 11) is 0.465. The third kappa shape index (κ3) is 3.52. The van der Waals surface area contributed by atoms with Crippen molar-refractivity contribution in [3.05, 3.63) is 60.7 Å². The average Bonchev–Trinajstić information content (AvgIpc) is 2.38. The molecule has 0 saturated heterocycles. The molecule has 2 rings (SSSR count). The standard InChI is InChI=1S/C15H18PSi/c1-13(2)16-17(14-9-5-3-6-10-14)15-11-7-4-8-12-15/h3-13,16H,1-2H3. The van der Waals surface area contributed by atoms with Crippen LogP contribution in [0.25, 0.3) is 0 Å². The fourth-order valence-corrected chi connectivity index (χ4v) is 7.86. The van der Waals surface area contributed by atoms with Crippen molar-refractivity contribution in [1.29, 1.82) is 0 Å². The van der Waals surface area contributed by atoms with Gasteiger partial charge in [0.15, 0.2) is 0 Å². The van der Waals surface area contributed by atoms with Crippen LogP contribution < -0.4 is 10.4 Å². The minimum atomic E-state index is -0.572. The summed E-state index contributed by atoms with van der Waals surface area (Å²) in [5.41, 5.74) is 0.782. The number of hydrogen-bond acceptors (Lipinski definition) is 0. The van der Waals surface area contributed by atoms with E-state index in [1.807, 2.05) is 0 Å². The van der Waals surface area contributed by atoms with E-state index in [1.54, 1.807) is 0 Å². The normalized spacial score (nSPS) is 11.8. The Morgan fingerprint density at radius 3 is 1.53 bits per heavy atom. The van der Waals surface area contributed by atoms with Crippen LogP contribution in [0.4, 0.5) is 0 Å². The molecule has 0 N–H and O–H groups in total. The van der Waals surface area contributed by atoms with E-state index in [0.717, 1.165) is 13.8 Å². The highest BCUT2D eigenvalue weighted by molar-refractivity contribution is 7.81. The molecule has 0 aliphatic carbocycles. The van der Waals surface area contributed by atoms with Crippen LogP contribution in [0.5, 0.6) is 0 Å². The van der Waals surface area contributed by atoms with Crippen LogP contribution in [-0.2, 0) is 0 Å². The SMILES string of the molecule is CC(C)P[Si](c1ccccc1)c1ccccc1. The van der Waals surface area contributed by atoms with Gasteiger partial charge in [-0.3, -0.25) is 0 Å². The van der Waals surface area contributed by atoms with Crippen LogP contribution in [0.1, 0.15) is 13.8 Å². The molecular weight excluding hydrogens is 239 g/mol. The molecule has 0 fully saturated rings. The maximum Gasteiger partial charge on any atom is 0.147 e. The molecule has 0 aliphatic rings. The summed E-state index contributed by atoms with van der Waals surface area (Å²) >= 11 is 0. The summed E-state index contributed by atoms with van der Waals surface area (Å²) in [5.74, 6) is 0. The lowest BCUT2D eigenvalue weighted by Crippen LogP contribution is -2.39. The molecule has 0 nitrogen and oxygen atoms in total. The largest absolute Gasteiger partial charge is 0.147 e. The van der Waals surface area contributed by atoms with Gasteiger partial charge in [0.2, 0.25) is 0 Å². The summed E-state index contributed by atoms with van der Waals surface area (Å²) in [6, 6.07) is 22.0. The first kappa shape index (κ1) is 12.5. The van der Waals surface area contributed by atoms with Crippen LogP contribution in [0.2, 0.25) is 0 Å². The summed E-state index contributed by atoms with van der Waals surface area (Å²) in [4.78, 5) is 0. The van der Waals surface area contributed by atoms with E-state index in [-0.39, 0.29) is 0 Å². The molecule has 17 heavy (non-hydrogen) atoms. The fourth-order valence-electron chi connectivity index (χ4n) is 1.83. The first-order valence-corrected chi connectivity index (χ1v) is 9.59. The predicted octanol–water partition coefficient (Wildman–Crippen LogP) is 2.88. The van der Waals surface area contributed by atoms with Crippen molar-refractivity contribution in [3.63, 3.8) is 0 Å². The van der Waals surface area contributed by atoms with Crippen LogP contribution in [0, 0.1) is 0 Å². The molecule has 2 heteroatoms. The van der Waals surface area contributed by atoms with Crippen molar-refractivity contribution in [2.24, 2.45) is 0 Å². The van der Waals surface area contributed by atoms with Gasteiger partial charge in [0.25, 0.3) is 0 Å². The van der Waals surface area contributed by atoms with Gasteiger partial charge in [-0.25, -0.2) is 0 Å². The van der Waals surface area contributed by atoms with E-state index in [2.05, 4.69) is 74.5 Å². The highest BCUT2D eigenvalue weighted by Gasteiger charge is 2.17.